The lowest BCUT2D eigenvalue weighted by Crippen LogP contribution is -2.02. The molecule has 0 saturated carbocycles. The summed E-state index contributed by atoms with van der Waals surface area (Å²) in [5.41, 5.74) is 11.8. The molecule has 0 amide bonds. The van der Waals surface area contributed by atoms with E-state index in [1.165, 1.54) is 22.4 Å². The summed E-state index contributed by atoms with van der Waals surface area (Å²) >= 11 is 0. The number of rotatable bonds is 4. The number of nitrogens with zero attached hydrogens (tertiary/aromatic N) is 2. The zero-order valence-electron chi connectivity index (χ0n) is 12.1. The van der Waals surface area contributed by atoms with Crippen LogP contribution >= 0.6 is 0 Å². The third kappa shape index (κ3) is 2.10. The smallest absolute Gasteiger partial charge is 0.127 e. The Hall–Kier alpha value is -1.81. The van der Waals surface area contributed by atoms with E-state index in [9.17, 15) is 0 Å². The van der Waals surface area contributed by atoms with Crippen molar-refractivity contribution >= 4 is 0 Å². The number of benzene rings is 1. The molecule has 1 aromatic carbocycles. The molecular formula is C16H21N3O. The lowest BCUT2D eigenvalue weighted by atomic mass is 9.98. The van der Waals surface area contributed by atoms with Crippen LogP contribution in [-0.4, -0.2) is 16.4 Å². The first-order valence-corrected chi connectivity index (χ1v) is 7.26. The van der Waals surface area contributed by atoms with E-state index in [0.29, 0.717) is 6.54 Å². The molecule has 0 atom stereocenters. The third-order valence-electron chi connectivity index (χ3n) is 3.93. The molecule has 1 aromatic heterocycles. The Bertz CT molecular complexity index is 631. The maximum absolute atomic E-state index is 5.86. The number of aromatic nitrogens is 2. The fraction of sp³-hybridized carbons (Fsp3) is 0.438. The first-order chi connectivity index (χ1) is 9.74. The van der Waals surface area contributed by atoms with E-state index < -0.39 is 0 Å². The maximum atomic E-state index is 5.86. The lowest BCUT2D eigenvalue weighted by molar-refractivity contribution is 0.353. The zero-order valence-corrected chi connectivity index (χ0v) is 12.1. The highest BCUT2D eigenvalue weighted by molar-refractivity contribution is 5.69. The Morgan fingerprint density at radius 3 is 3.00 bits per heavy atom. The van der Waals surface area contributed by atoms with Gasteiger partial charge in [-0.05, 0) is 36.6 Å². The number of ether oxygens (including phenoxy) is 1. The zero-order chi connectivity index (χ0) is 14.1. The van der Waals surface area contributed by atoms with Crippen LogP contribution in [-0.2, 0) is 19.5 Å². The summed E-state index contributed by atoms with van der Waals surface area (Å²) in [5.74, 6) is 0.995. The Morgan fingerprint density at radius 1 is 1.40 bits per heavy atom. The lowest BCUT2D eigenvalue weighted by Gasteiger charge is -2.10. The minimum Gasteiger partial charge on any atom is -0.493 e. The molecular weight excluding hydrogens is 250 g/mol. The molecule has 0 spiro atoms. The van der Waals surface area contributed by atoms with Crippen molar-refractivity contribution in [3.05, 3.63) is 35.2 Å². The van der Waals surface area contributed by atoms with Crippen molar-refractivity contribution in [2.24, 2.45) is 5.73 Å². The Balaban J connectivity index is 2.06. The van der Waals surface area contributed by atoms with Crippen LogP contribution in [0.4, 0.5) is 0 Å². The van der Waals surface area contributed by atoms with Crippen LogP contribution in [0, 0.1) is 6.92 Å². The molecule has 106 valence electrons. The van der Waals surface area contributed by atoms with Crippen molar-refractivity contribution in [3.63, 3.8) is 0 Å². The van der Waals surface area contributed by atoms with E-state index in [4.69, 9.17) is 10.5 Å². The van der Waals surface area contributed by atoms with Gasteiger partial charge >= 0.3 is 0 Å². The van der Waals surface area contributed by atoms with Crippen LogP contribution in [0.3, 0.4) is 0 Å². The molecule has 2 heterocycles. The van der Waals surface area contributed by atoms with Gasteiger partial charge in [-0.25, -0.2) is 0 Å². The normalized spacial score (nSPS) is 13.3. The fourth-order valence-electron chi connectivity index (χ4n) is 2.86. The molecule has 0 radical (unpaired) electrons. The van der Waals surface area contributed by atoms with Gasteiger partial charge < -0.3 is 10.5 Å². The average molecular weight is 271 g/mol. The first-order valence-electron chi connectivity index (χ1n) is 7.26. The predicted octanol–water partition coefficient (Wildman–Crippen LogP) is 2.66. The molecule has 0 bridgehead atoms. The van der Waals surface area contributed by atoms with Gasteiger partial charge in [0.05, 0.1) is 12.8 Å². The number of hydrogen-bond donors (Lipinski definition) is 1. The standard InChI is InChI=1S/C16H21N3O/c1-3-5-19-11(2)15(10-18-19)13-7-12-4-6-20-16(12)14(8-13)9-17/h7-8,10H,3-6,9,17H2,1-2H3. The van der Waals surface area contributed by atoms with Crippen molar-refractivity contribution < 1.29 is 4.74 Å². The number of fused-ring (bicyclic) bond motifs is 1. The summed E-state index contributed by atoms with van der Waals surface area (Å²) in [6.07, 6.45) is 4.02. The molecule has 2 N–H and O–H groups in total. The molecule has 0 saturated heterocycles. The Kier molecular flexibility index (Phi) is 3.49. The molecule has 2 aromatic rings. The highest BCUT2D eigenvalue weighted by Crippen LogP contribution is 2.35. The molecule has 4 nitrogen and oxygen atoms in total. The topological polar surface area (TPSA) is 53.1 Å². The van der Waals surface area contributed by atoms with E-state index >= 15 is 0 Å². The summed E-state index contributed by atoms with van der Waals surface area (Å²) in [6, 6.07) is 4.37. The van der Waals surface area contributed by atoms with Gasteiger partial charge in [0.2, 0.25) is 0 Å². The molecule has 0 fully saturated rings. The molecule has 4 heteroatoms. The van der Waals surface area contributed by atoms with Crippen molar-refractivity contribution in [3.8, 4) is 16.9 Å². The summed E-state index contributed by atoms with van der Waals surface area (Å²) in [5, 5.41) is 4.49. The van der Waals surface area contributed by atoms with Crippen molar-refractivity contribution in [2.45, 2.75) is 39.8 Å². The third-order valence-corrected chi connectivity index (χ3v) is 3.93. The van der Waals surface area contributed by atoms with Crippen LogP contribution in [0.2, 0.25) is 0 Å². The molecule has 1 aliphatic heterocycles. The number of aryl methyl sites for hydroxylation is 1. The van der Waals surface area contributed by atoms with Crippen molar-refractivity contribution in [1.29, 1.82) is 0 Å². The van der Waals surface area contributed by atoms with Crippen LogP contribution < -0.4 is 10.5 Å². The Labute approximate surface area is 119 Å². The van der Waals surface area contributed by atoms with E-state index in [1.54, 1.807) is 0 Å². The van der Waals surface area contributed by atoms with E-state index in [-0.39, 0.29) is 0 Å². The minimum atomic E-state index is 0.512. The second-order valence-electron chi connectivity index (χ2n) is 5.29. The first kappa shape index (κ1) is 13.2. The summed E-state index contributed by atoms with van der Waals surface area (Å²) in [4.78, 5) is 0. The fourth-order valence-corrected chi connectivity index (χ4v) is 2.86. The van der Waals surface area contributed by atoms with Gasteiger partial charge in [-0.2, -0.15) is 5.10 Å². The molecule has 1 aliphatic rings. The summed E-state index contributed by atoms with van der Waals surface area (Å²) in [7, 11) is 0. The van der Waals surface area contributed by atoms with Crippen LogP contribution in [0.1, 0.15) is 30.2 Å². The van der Waals surface area contributed by atoms with Gasteiger partial charge in [-0.3, -0.25) is 4.68 Å². The van der Waals surface area contributed by atoms with Crippen LogP contribution in [0.15, 0.2) is 18.3 Å². The monoisotopic (exact) mass is 271 g/mol. The molecule has 3 rings (SSSR count). The number of nitrogens with two attached hydrogens (primary N) is 1. The second-order valence-corrected chi connectivity index (χ2v) is 5.29. The predicted molar refractivity (Wildman–Crippen MR) is 79.8 cm³/mol. The quantitative estimate of drug-likeness (QED) is 0.930. The summed E-state index contributed by atoms with van der Waals surface area (Å²) < 4.78 is 7.76. The number of hydrogen-bond acceptors (Lipinski definition) is 3. The largest absolute Gasteiger partial charge is 0.493 e. The van der Waals surface area contributed by atoms with Gasteiger partial charge in [-0.15, -0.1) is 0 Å². The maximum Gasteiger partial charge on any atom is 0.127 e. The van der Waals surface area contributed by atoms with Crippen LogP contribution in [0.5, 0.6) is 5.75 Å². The summed E-state index contributed by atoms with van der Waals surface area (Å²) in [6.45, 7) is 6.53. The average Bonchev–Trinajstić information content (AvgIpc) is 3.06. The van der Waals surface area contributed by atoms with E-state index in [2.05, 4.69) is 35.8 Å². The van der Waals surface area contributed by atoms with Gasteiger partial charge in [0.1, 0.15) is 5.75 Å². The van der Waals surface area contributed by atoms with Gasteiger partial charge in [-0.1, -0.05) is 6.92 Å². The molecule has 0 unspecified atom stereocenters. The highest BCUT2D eigenvalue weighted by Gasteiger charge is 2.19. The highest BCUT2D eigenvalue weighted by atomic mass is 16.5. The van der Waals surface area contributed by atoms with Crippen molar-refractivity contribution in [1.82, 2.24) is 9.78 Å². The minimum absolute atomic E-state index is 0.512. The molecule has 20 heavy (non-hydrogen) atoms. The van der Waals surface area contributed by atoms with Gasteiger partial charge in [0.15, 0.2) is 0 Å². The Morgan fingerprint density at radius 2 is 2.25 bits per heavy atom. The van der Waals surface area contributed by atoms with Gasteiger partial charge in [0.25, 0.3) is 0 Å². The molecule has 0 aliphatic carbocycles. The van der Waals surface area contributed by atoms with E-state index in [1.807, 2.05) is 6.20 Å². The van der Waals surface area contributed by atoms with E-state index in [0.717, 1.165) is 37.3 Å². The SMILES string of the molecule is CCCn1ncc(-c2cc(CN)c3c(c2)CCO3)c1C. The van der Waals surface area contributed by atoms with Gasteiger partial charge in [0, 0.05) is 36.3 Å². The second kappa shape index (κ2) is 5.29. The van der Waals surface area contributed by atoms with Crippen molar-refractivity contribution in [2.75, 3.05) is 6.61 Å². The van der Waals surface area contributed by atoms with Crippen LogP contribution in [0.25, 0.3) is 11.1 Å².